The SMILES string of the molecule is C=C(C)C[C@H](NC(=O)c1ccnc(C)c1Cl)C(O)C(=O)N(CSC)[C@H](C(=O)NCc1ccccc1C)C(C)C. The number of aromatic nitrogens is 1. The first kappa shape index (κ1) is 32.3. The lowest BCUT2D eigenvalue weighted by Gasteiger charge is -2.36. The lowest BCUT2D eigenvalue weighted by Crippen LogP contribution is -2.58. The molecule has 0 aliphatic carbocycles. The van der Waals surface area contributed by atoms with Crippen LogP contribution in [0.3, 0.4) is 0 Å². The third-order valence-electron chi connectivity index (χ3n) is 6.33. The van der Waals surface area contributed by atoms with Crippen molar-refractivity contribution in [2.24, 2.45) is 5.92 Å². The van der Waals surface area contributed by atoms with Gasteiger partial charge in [-0.25, -0.2) is 0 Å². The van der Waals surface area contributed by atoms with E-state index in [1.807, 2.05) is 51.3 Å². The number of halogens is 1. The minimum atomic E-state index is -1.62. The normalized spacial score (nSPS) is 13.4. The second-order valence-corrected chi connectivity index (χ2v) is 11.2. The van der Waals surface area contributed by atoms with Crippen LogP contribution in [-0.2, 0) is 16.1 Å². The molecule has 0 aliphatic heterocycles. The number of aryl methyl sites for hydroxylation is 2. The zero-order valence-corrected chi connectivity index (χ0v) is 25.0. The highest BCUT2D eigenvalue weighted by Crippen LogP contribution is 2.21. The lowest BCUT2D eigenvalue weighted by atomic mass is 9.97. The van der Waals surface area contributed by atoms with Gasteiger partial charge in [0.05, 0.1) is 28.2 Å². The Hall–Kier alpha value is -2.88. The highest BCUT2D eigenvalue weighted by molar-refractivity contribution is 7.98. The van der Waals surface area contributed by atoms with Crippen LogP contribution in [0.15, 0.2) is 48.7 Å². The maximum Gasteiger partial charge on any atom is 0.254 e. The van der Waals surface area contributed by atoms with Gasteiger partial charge in [0.2, 0.25) is 5.91 Å². The van der Waals surface area contributed by atoms with Gasteiger partial charge in [-0.1, -0.05) is 55.3 Å². The van der Waals surface area contributed by atoms with Crippen molar-refractivity contribution < 1.29 is 19.5 Å². The van der Waals surface area contributed by atoms with Crippen LogP contribution >= 0.6 is 23.4 Å². The molecule has 0 saturated heterocycles. The summed E-state index contributed by atoms with van der Waals surface area (Å²) in [5, 5.41) is 17.2. The van der Waals surface area contributed by atoms with E-state index in [1.54, 1.807) is 13.8 Å². The quantitative estimate of drug-likeness (QED) is 0.243. The smallest absolute Gasteiger partial charge is 0.254 e. The molecule has 1 aromatic heterocycles. The Kier molecular flexibility index (Phi) is 12.5. The highest BCUT2D eigenvalue weighted by Gasteiger charge is 2.38. The van der Waals surface area contributed by atoms with Crippen molar-refractivity contribution in [2.45, 2.75) is 65.8 Å². The minimum Gasteiger partial charge on any atom is -0.381 e. The maximum atomic E-state index is 13.7. The summed E-state index contributed by atoms with van der Waals surface area (Å²) in [6.07, 6.45) is 1.81. The van der Waals surface area contributed by atoms with Gasteiger partial charge in [-0.2, -0.15) is 0 Å². The summed E-state index contributed by atoms with van der Waals surface area (Å²) >= 11 is 7.64. The minimum absolute atomic E-state index is 0.152. The average Bonchev–Trinajstić information content (AvgIpc) is 2.87. The van der Waals surface area contributed by atoms with Crippen molar-refractivity contribution in [3.63, 3.8) is 0 Å². The second-order valence-electron chi connectivity index (χ2n) is 10.0. The number of carbonyl (C=O) groups excluding carboxylic acids is 3. The number of nitrogens with one attached hydrogen (secondary N) is 2. The van der Waals surface area contributed by atoms with Gasteiger partial charge in [-0.3, -0.25) is 19.4 Å². The van der Waals surface area contributed by atoms with E-state index in [2.05, 4.69) is 22.2 Å². The first-order valence-corrected chi connectivity index (χ1v) is 14.5. The van der Waals surface area contributed by atoms with E-state index in [4.69, 9.17) is 11.6 Å². The number of hydrogen-bond acceptors (Lipinski definition) is 6. The Morgan fingerprint density at radius 3 is 2.44 bits per heavy atom. The molecule has 1 unspecified atom stereocenters. The molecule has 2 rings (SSSR count). The fourth-order valence-electron chi connectivity index (χ4n) is 4.25. The topological polar surface area (TPSA) is 112 Å². The van der Waals surface area contributed by atoms with E-state index in [0.29, 0.717) is 17.8 Å². The van der Waals surface area contributed by atoms with E-state index in [9.17, 15) is 19.5 Å². The molecule has 3 N–H and O–H groups in total. The number of nitrogens with zero attached hydrogens (tertiary/aromatic N) is 2. The van der Waals surface area contributed by atoms with E-state index < -0.39 is 30.0 Å². The van der Waals surface area contributed by atoms with E-state index >= 15 is 0 Å². The van der Waals surface area contributed by atoms with E-state index in [1.165, 1.54) is 28.9 Å². The molecule has 10 heteroatoms. The maximum absolute atomic E-state index is 13.7. The first-order valence-electron chi connectivity index (χ1n) is 12.7. The third kappa shape index (κ3) is 8.81. The number of benzene rings is 1. The summed E-state index contributed by atoms with van der Waals surface area (Å²) in [4.78, 5) is 45.7. The van der Waals surface area contributed by atoms with Crippen molar-refractivity contribution in [1.82, 2.24) is 20.5 Å². The molecule has 3 amide bonds. The molecule has 0 aliphatic rings. The number of amides is 3. The summed E-state index contributed by atoms with van der Waals surface area (Å²) in [6.45, 7) is 13.3. The summed E-state index contributed by atoms with van der Waals surface area (Å²) in [6, 6.07) is 7.41. The Morgan fingerprint density at radius 1 is 1.18 bits per heavy atom. The van der Waals surface area contributed by atoms with Gasteiger partial charge in [-0.15, -0.1) is 18.3 Å². The fourth-order valence-corrected chi connectivity index (χ4v) is 5.01. The van der Waals surface area contributed by atoms with Gasteiger partial charge in [-0.05, 0) is 56.6 Å². The van der Waals surface area contributed by atoms with Crippen LogP contribution in [0.4, 0.5) is 0 Å². The van der Waals surface area contributed by atoms with Gasteiger partial charge in [0.1, 0.15) is 6.04 Å². The van der Waals surface area contributed by atoms with Crippen molar-refractivity contribution >= 4 is 41.1 Å². The van der Waals surface area contributed by atoms with E-state index in [0.717, 1.165) is 11.1 Å². The van der Waals surface area contributed by atoms with Gasteiger partial charge in [0.25, 0.3) is 11.8 Å². The largest absolute Gasteiger partial charge is 0.381 e. The first-order chi connectivity index (χ1) is 18.4. The van der Waals surface area contributed by atoms with Crippen LogP contribution in [0.5, 0.6) is 0 Å². The second kappa shape index (κ2) is 15.1. The average molecular weight is 575 g/mol. The molecule has 0 bridgehead atoms. The number of aliphatic hydroxyl groups excluding tert-OH is 1. The third-order valence-corrected chi connectivity index (χ3v) is 7.34. The molecule has 1 aromatic carbocycles. The van der Waals surface area contributed by atoms with Crippen LogP contribution in [0.2, 0.25) is 5.02 Å². The van der Waals surface area contributed by atoms with Gasteiger partial charge in [0.15, 0.2) is 6.10 Å². The van der Waals surface area contributed by atoms with Crippen LogP contribution < -0.4 is 10.6 Å². The number of pyridine rings is 1. The molecular weight excluding hydrogens is 536 g/mol. The molecule has 0 saturated carbocycles. The van der Waals surface area contributed by atoms with Crippen molar-refractivity contribution in [2.75, 3.05) is 12.1 Å². The Labute approximate surface area is 240 Å². The molecular formula is C29H39ClN4O4S. The van der Waals surface area contributed by atoms with Gasteiger partial charge in [0, 0.05) is 12.7 Å². The summed E-state index contributed by atoms with van der Waals surface area (Å²) in [7, 11) is 0. The molecule has 8 nitrogen and oxygen atoms in total. The zero-order chi connectivity index (χ0) is 29.3. The van der Waals surface area contributed by atoms with Crippen molar-refractivity contribution in [3.8, 4) is 0 Å². The molecule has 39 heavy (non-hydrogen) atoms. The summed E-state index contributed by atoms with van der Waals surface area (Å²) in [5.74, 6) is -1.58. The molecule has 212 valence electrons. The lowest BCUT2D eigenvalue weighted by molar-refractivity contribution is -0.148. The molecule has 0 fully saturated rings. The molecule has 0 spiro atoms. The Balaban J connectivity index is 2.30. The number of hydrogen-bond donors (Lipinski definition) is 3. The number of carbonyl (C=O) groups is 3. The molecule has 2 aromatic rings. The predicted octanol–water partition coefficient (Wildman–Crippen LogP) is 4.27. The number of rotatable bonds is 13. The number of aliphatic hydroxyl groups is 1. The van der Waals surface area contributed by atoms with Crippen LogP contribution in [0.25, 0.3) is 0 Å². The Bertz CT molecular complexity index is 1190. The fraction of sp³-hybridized carbons (Fsp3) is 0.448. The monoisotopic (exact) mass is 574 g/mol. The van der Waals surface area contributed by atoms with Crippen LogP contribution in [-0.4, -0.2) is 63.0 Å². The van der Waals surface area contributed by atoms with E-state index in [-0.39, 0.29) is 34.7 Å². The van der Waals surface area contributed by atoms with Gasteiger partial charge >= 0.3 is 0 Å². The molecule has 3 atom stereocenters. The molecule has 0 radical (unpaired) electrons. The zero-order valence-electron chi connectivity index (χ0n) is 23.5. The highest BCUT2D eigenvalue weighted by atomic mass is 35.5. The predicted molar refractivity (Wildman–Crippen MR) is 158 cm³/mol. The summed E-state index contributed by atoms with van der Waals surface area (Å²) in [5.41, 5.74) is 3.36. The number of thioether (sulfide) groups is 1. The van der Waals surface area contributed by atoms with Crippen LogP contribution in [0, 0.1) is 19.8 Å². The van der Waals surface area contributed by atoms with Crippen molar-refractivity contribution in [3.05, 3.63) is 76.1 Å². The van der Waals surface area contributed by atoms with Crippen molar-refractivity contribution in [1.29, 1.82) is 0 Å². The standard InChI is InChI=1S/C29H39ClN4O4S/c1-17(2)14-23(33-27(36)22-12-13-31-20(6)24(22)30)26(35)29(38)34(16-39-7)25(18(3)4)28(37)32-15-21-11-9-8-10-19(21)5/h8-13,18,23,25-26,35H,1,14-16H2,2-7H3,(H,32,37)(H,33,36)/t23-,25-,26?/m0/s1. The summed E-state index contributed by atoms with van der Waals surface area (Å²) < 4.78 is 0. The van der Waals surface area contributed by atoms with Crippen LogP contribution in [0.1, 0.15) is 54.4 Å². The Morgan fingerprint density at radius 2 is 1.85 bits per heavy atom. The van der Waals surface area contributed by atoms with Gasteiger partial charge < -0.3 is 20.6 Å². The molecule has 1 heterocycles.